The highest BCUT2D eigenvalue weighted by molar-refractivity contribution is 7.11. The van der Waals surface area contributed by atoms with Crippen LogP contribution in [0.2, 0.25) is 0 Å². The molecule has 2 aromatic heterocycles. The fourth-order valence-electron chi connectivity index (χ4n) is 2.26. The molecule has 0 aliphatic rings. The quantitative estimate of drug-likeness (QED) is 0.748. The second-order valence-corrected chi connectivity index (χ2v) is 6.32. The Balaban J connectivity index is 1.73. The maximum atomic E-state index is 13.0. The summed E-state index contributed by atoms with van der Waals surface area (Å²) in [6.07, 6.45) is 2.48. The van der Waals surface area contributed by atoms with Gasteiger partial charge in [0.25, 0.3) is 5.91 Å². The van der Waals surface area contributed by atoms with Crippen LogP contribution in [0.25, 0.3) is 11.3 Å². The Hall–Kier alpha value is -2.47. The lowest BCUT2D eigenvalue weighted by atomic mass is 10.1. The molecule has 2 N–H and O–H groups in total. The number of hydrogen-bond acceptors (Lipinski definition) is 3. The molecule has 0 atom stereocenters. The number of H-pyrrole nitrogens is 1. The highest BCUT2D eigenvalue weighted by atomic mass is 32.1. The van der Waals surface area contributed by atoms with Crippen molar-refractivity contribution in [3.8, 4) is 11.3 Å². The number of nitrogens with one attached hydrogen (secondary N) is 2. The van der Waals surface area contributed by atoms with E-state index in [2.05, 4.69) is 28.5 Å². The molecule has 0 bridgehead atoms. The van der Waals surface area contributed by atoms with Gasteiger partial charge in [0.15, 0.2) is 0 Å². The number of rotatable bonds is 5. The van der Waals surface area contributed by atoms with Crippen LogP contribution in [-0.4, -0.2) is 16.1 Å². The van der Waals surface area contributed by atoms with Crippen molar-refractivity contribution in [1.29, 1.82) is 0 Å². The van der Waals surface area contributed by atoms with Crippen molar-refractivity contribution in [3.63, 3.8) is 0 Å². The predicted octanol–water partition coefficient (Wildman–Crippen LogP) is 3.77. The third-order valence-electron chi connectivity index (χ3n) is 3.51. The van der Waals surface area contributed by atoms with Crippen LogP contribution in [0.1, 0.15) is 27.0 Å². The minimum absolute atomic E-state index is 0.204. The SMILES string of the molecule is CCc1ccc(CNC(=O)c2cn[nH]c2-c2ccc(F)cc2)s1. The van der Waals surface area contributed by atoms with E-state index in [1.165, 1.54) is 23.2 Å². The number of carbonyl (C=O) groups excluding carboxylic acids is 1. The van der Waals surface area contributed by atoms with Gasteiger partial charge in [0.2, 0.25) is 0 Å². The average Bonchev–Trinajstić information content (AvgIpc) is 3.22. The number of aryl methyl sites for hydroxylation is 1. The van der Waals surface area contributed by atoms with Crippen LogP contribution in [0.5, 0.6) is 0 Å². The molecule has 0 saturated carbocycles. The molecular formula is C17H16FN3OS. The zero-order valence-corrected chi connectivity index (χ0v) is 13.4. The summed E-state index contributed by atoms with van der Waals surface area (Å²) in [6, 6.07) is 10.1. The molecule has 0 fully saturated rings. The first-order chi connectivity index (χ1) is 11.2. The number of halogens is 1. The number of aromatic amines is 1. The molecular weight excluding hydrogens is 313 g/mol. The normalized spacial score (nSPS) is 10.7. The van der Waals surface area contributed by atoms with E-state index in [1.54, 1.807) is 23.5 Å². The second-order valence-electron chi connectivity index (χ2n) is 5.07. The molecule has 1 amide bonds. The summed E-state index contributed by atoms with van der Waals surface area (Å²) in [4.78, 5) is 14.8. The molecule has 1 aromatic carbocycles. The third-order valence-corrected chi connectivity index (χ3v) is 4.74. The average molecular weight is 329 g/mol. The third kappa shape index (κ3) is 3.48. The van der Waals surface area contributed by atoms with Crippen molar-refractivity contribution in [3.05, 3.63) is 63.7 Å². The molecule has 23 heavy (non-hydrogen) atoms. The summed E-state index contributed by atoms with van der Waals surface area (Å²) in [5, 5.41) is 9.64. The minimum Gasteiger partial charge on any atom is -0.347 e. The molecule has 4 nitrogen and oxygen atoms in total. The van der Waals surface area contributed by atoms with Gasteiger partial charge < -0.3 is 5.32 Å². The van der Waals surface area contributed by atoms with E-state index in [0.717, 1.165) is 16.9 Å². The monoisotopic (exact) mass is 329 g/mol. The first-order valence-corrected chi connectivity index (χ1v) is 8.14. The maximum Gasteiger partial charge on any atom is 0.255 e. The molecule has 0 unspecified atom stereocenters. The van der Waals surface area contributed by atoms with Crippen LogP contribution >= 0.6 is 11.3 Å². The fourth-order valence-corrected chi connectivity index (χ4v) is 3.16. The number of thiophene rings is 1. The van der Waals surface area contributed by atoms with Gasteiger partial charge in [-0.15, -0.1) is 11.3 Å². The van der Waals surface area contributed by atoms with E-state index in [-0.39, 0.29) is 11.7 Å². The van der Waals surface area contributed by atoms with Crippen LogP contribution < -0.4 is 5.32 Å². The first-order valence-electron chi connectivity index (χ1n) is 7.32. The predicted molar refractivity (Wildman–Crippen MR) is 88.8 cm³/mol. The van der Waals surface area contributed by atoms with Crippen LogP contribution in [0, 0.1) is 5.82 Å². The zero-order valence-electron chi connectivity index (χ0n) is 12.6. The molecule has 0 aliphatic carbocycles. The molecule has 6 heteroatoms. The Kier molecular flexibility index (Phi) is 4.52. The lowest BCUT2D eigenvalue weighted by Crippen LogP contribution is -2.22. The van der Waals surface area contributed by atoms with Crippen LogP contribution in [0.3, 0.4) is 0 Å². The van der Waals surface area contributed by atoms with Crippen molar-refractivity contribution < 1.29 is 9.18 Å². The number of nitrogens with zero attached hydrogens (tertiary/aromatic N) is 1. The van der Waals surface area contributed by atoms with Crippen LogP contribution in [0.4, 0.5) is 4.39 Å². The van der Waals surface area contributed by atoms with Gasteiger partial charge in [-0.05, 0) is 42.8 Å². The van der Waals surface area contributed by atoms with Gasteiger partial charge in [0.05, 0.1) is 24.0 Å². The van der Waals surface area contributed by atoms with Crippen LogP contribution in [0.15, 0.2) is 42.6 Å². The van der Waals surface area contributed by atoms with E-state index >= 15 is 0 Å². The van der Waals surface area contributed by atoms with Gasteiger partial charge in [0.1, 0.15) is 5.82 Å². The summed E-state index contributed by atoms with van der Waals surface area (Å²) in [6.45, 7) is 2.59. The second kappa shape index (κ2) is 6.75. The standard InChI is InChI=1S/C17H16FN3OS/c1-2-13-7-8-14(23-13)9-19-17(22)15-10-20-21-16(15)11-3-5-12(18)6-4-11/h3-8,10H,2,9H2,1H3,(H,19,22)(H,20,21). The van der Waals surface area contributed by atoms with E-state index in [9.17, 15) is 9.18 Å². The lowest BCUT2D eigenvalue weighted by molar-refractivity contribution is 0.0952. The Bertz CT molecular complexity index is 807. The molecule has 3 aromatic rings. The number of benzene rings is 1. The zero-order chi connectivity index (χ0) is 16.2. The lowest BCUT2D eigenvalue weighted by Gasteiger charge is -2.05. The van der Waals surface area contributed by atoms with E-state index < -0.39 is 0 Å². The molecule has 3 rings (SSSR count). The van der Waals surface area contributed by atoms with Crippen molar-refractivity contribution in [1.82, 2.24) is 15.5 Å². The van der Waals surface area contributed by atoms with Gasteiger partial charge in [-0.25, -0.2) is 4.39 Å². The Morgan fingerprint density at radius 2 is 1.96 bits per heavy atom. The van der Waals surface area contributed by atoms with Gasteiger partial charge in [0, 0.05) is 15.3 Å². The fraction of sp³-hybridized carbons (Fsp3) is 0.176. The van der Waals surface area contributed by atoms with Crippen LogP contribution in [-0.2, 0) is 13.0 Å². The summed E-state index contributed by atoms with van der Waals surface area (Å²) < 4.78 is 13.0. The Labute approximate surface area is 137 Å². The van der Waals surface area contributed by atoms with E-state index in [1.807, 2.05) is 6.07 Å². The Morgan fingerprint density at radius 1 is 1.22 bits per heavy atom. The van der Waals surface area contributed by atoms with Gasteiger partial charge >= 0.3 is 0 Å². The number of hydrogen-bond donors (Lipinski definition) is 2. The summed E-state index contributed by atoms with van der Waals surface area (Å²) >= 11 is 1.69. The Morgan fingerprint density at radius 3 is 2.65 bits per heavy atom. The van der Waals surface area contributed by atoms with Crippen molar-refractivity contribution in [2.75, 3.05) is 0 Å². The number of amides is 1. The topological polar surface area (TPSA) is 57.8 Å². The van der Waals surface area contributed by atoms with Crippen molar-refractivity contribution in [2.45, 2.75) is 19.9 Å². The maximum absolute atomic E-state index is 13.0. The van der Waals surface area contributed by atoms with Gasteiger partial charge in [-0.2, -0.15) is 5.10 Å². The van der Waals surface area contributed by atoms with Gasteiger partial charge in [-0.1, -0.05) is 6.92 Å². The first kappa shape index (κ1) is 15.4. The molecule has 0 spiro atoms. The number of carbonyl (C=O) groups is 1. The summed E-state index contributed by atoms with van der Waals surface area (Å²) in [5.41, 5.74) is 1.75. The molecule has 118 valence electrons. The van der Waals surface area contributed by atoms with E-state index in [0.29, 0.717) is 17.8 Å². The van der Waals surface area contributed by atoms with Gasteiger partial charge in [-0.3, -0.25) is 9.89 Å². The molecule has 0 aliphatic heterocycles. The van der Waals surface area contributed by atoms with Crippen molar-refractivity contribution in [2.24, 2.45) is 0 Å². The summed E-state index contributed by atoms with van der Waals surface area (Å²) in [5.74, 6) is -0.520. The smallest absolute Gasteiger partial charge is 0.255 e. The molecule has 0 radical (unpaired) electrons. The highest BCUT2D eigenvalue weighted by Crippen LogP contribution is 2.22. The van der Waals surface area contributed by atoms with Crippen molar-refractivity contribution >= 4 is 17.2 Å². The largest absolute Gasteiger partial charge is 0.347 e. The molecule has 2 heterocycles. The van der Waals surface area contributed by atoms with E-state index in [4.69, 9.17) is 0 Å². The highest BCUT2D eigenvalue weighted by Gasteiger charge is 2.15. The molecule has 0 saturated heterocycles. The summed E-state index contributed by atoms with van der Waals surface area (Å²) in [7, 11) is 0. The number of aromatic nitrogens is 2. The minimum atomic E-state index is -0.316.